The van der Waals surface area contributed by atoms with Gasteiger partial charge in [-0.2, -0.15) is 5.10 Å². The van der Waals surface area contributed by atoms with E-state index in [9.17, 15) is 9.59 Å². The second kappa shape index (κ2) is 6.26. The van der Waals surface area contributed by atoms with Gasteiger partial charge in [0.05, 0.1) is 18.7 Å². The summed E-state index contributed by atoms with van der Waals surface area (Å²) in [5.41, 5.74) is 0. The summed E-state index contributed by atoms with van der Waals surface area (Å²) in [6, 6.07) is 1.92. The SMILES string of the molecule is CC(C)n1nccc1NC(=O)CN1C[C@@H](C)[C@H](C(=O)O)C1. The predicted octanol–water partition coefficient (Wildman–Crippen LogP) is 1.06. The zero-order valence-corrected chi connectivity index (χ0v) is 12.6. The van der Waals surface area contributed by atoms with Crippen molar-refractivity contribution in [1.82, 2.24) is 14.7 Å². The van der Waals surface area contributed by atoms with Gasteiger partial charge in [-0.25, -0.2) is 4.68 Å². The van der Waals surface area contributed by atoms with Crippen LogP contribution >= 0.6 is 0 Å². The fourth-order valence-corrected chi connectivity index (χ4v) is 2.73. The van der Waals surface area contributed by atoms with Gasteiger partial charge < -0.3 is 10.4 Å². The summed E-state index contributed by atoms with van der Waals surface area (Å²) in [5, 5.41) is 16.1. The number of aliphatic carboxylic acids is 1. The molecule has 2 heterocycles. The molecule has 1 aromatic heterocycles. The van der Waals surface area contributed by atoms with Gasteiger partial charge >= 0.3 is 5.97 Å². The van der Waals surface area contributed by atoms with Crippen molar-refractivity contribution < 1.29 is 14.7 Å². The molecule has 1 aliphatic heterocycles. The molecule has 0 saturated carbocycles. The number of amides is 1. The van der Waals surface area contributed by atoms with E-state index in [2.05, 4.69) is 10.4 Å². The highest BCUT2D eigenvalue weighted by atomic mass is 16.4. The van der Waals surface area contributed by atoms with E-state index >= 15 is 0 Å². The maximum absolute atomic E-state index is 12.1. The van der Waals surface area contributed by atoms with E-state index in [0.717, 1.165) is 0 Å². The molecule has 2 rings (SSSR count). The summed E-state index contributed by atoms with van der Waals surface area (Å²) in [6.07, 6.45) is 1.65. The van der Waals surface area contributed by atoms with Crippen molar-refractivity contribution in [2.24, 2.45) is 11.8 Å². The number of anilines is 1. The largest absolute Gasteiger partial charge is 0.481 e. The molecular formula is C14H22N4O3. The molecule has 1 fully saturated rings. The minimum Gasteiger partial charge on any atom is -0.481 e. The van der Waals surface area contributed by atoms with Crippen LogP contribution in [0.1, 0.15) is 26.8 Å². The average molecular weight is 294 g/mol. The molecule has 1 aliphatic rings. The second-order valence-corrected chi connectivity index (χ2v) is 5.92. The third-order valence-corrected chi connectivity index (χ3v) is 3.80. The van der Waals surface area contributed by atoms with Crippen molar-refractivity contribution in [2.75, 3.05) is 25.0 Å². The van der Waals surface area contributed by atoms with Gasteiger partial charge in [0.25, 0.3) is 0 Å². The Bertz CT molecular complexity index is 526. The molecule has 0 aromatic carbocycles. The van der Waals surface area contributed by atoms with E-state index in [-0.39, 0.29) is 30.3 Å². The number of nitrogens with one attached hydrogen (secondary N) is 1. The first-order valence-electron chi connectivity index (χ1n) is 7.17. The van der Waals surface area contributed by atoms with Crippen molar-refractivity contribution in [3.05, 3.63) is 12.3 Å². The molecule has 2 atom stereocenters. The van der Waals surface area contributed by atoms with E-state index in [0.29, 0.717) is 18.9 Å². The highest BCUT2D eigenvalue weighted by Gasteiger charge is 2.35. The first kappa shape index (κ1) is 15.5. The zero-order valence-electron chi connectivity index (χ0n) is 12.6. The predicted molar refractivity (Wildman–Crippen MR) is 78.0 cm³/mol. The van der Waals surface area contributed by atoms with Crippen molar-refractivity contribution in [3.63, 3.8) is 0 Å². The monoisotopic (exact) mass is 294 g/mol. The van der Waals surface area contributed by atoms with Crippen LogP contribution in [0.4, 0.5) is 5.82 Å². The number of carboxylic acid groups (broad SMARTS) is 1. The normalized spacial score (nSPS) is 22.7. The summed E-state index contributed by atoms with van der Waals surface area (Å²) in [5.74, 6) is -0.591. The van der Waals surface area contributed by atoms with Crippen LogP contribution in [0.15, 0.2) is 12.3 Å². The van der Waals surface area contributed by atoms with Crippen molar-refractivity contribution in [3.8, 4) is 0 Å². The fourth-order valence-electron chi connectivity index (χ4n) is 2.73. The van der Waals surface area contributed by atoms with Crippen molar-refractivity contribution in [1.29, 1.82) is 0 Å². The number of carbonyl (C=O) groups excluding carboxylic acids is 1. The Balaban J connectivity index is 1.91. The smallest absolute Gasteiger partial charge is 0.308 e. The third kappa shape index (κ3) is 3.60. The van der Waals surface area contributed by atoms with Crippen LogP contribution in [-0.2, 0) is 9.59 Å². The van der Waals surface area contributed by atoms with Crippen LogP contribution in [0.2, 0.25) is 0 Å². The number of nitrogens with zero attached hydrogens (tertiary/aromatic N) is 3. The Kier molecular flexibility index (Phi) is 4.62. The van der Waals surface area contributed by atoms with Crippen LogP contribution in [0, 0.1) is 11.8 Å². The molecule has 7 heteroatoms. The Labute approximate surface area is 123 Å². The first-order valence-corrected chi connectivity index (χ1v) is 7.17. The number of carbonyl (C=O) groups is 2. The zero-order chi connectivity index (χ0) is 15.6. The van der Waals surface area contributed by atoms with E-state index in [1.54, 1.807) is 16.9 Å². The molecule has 21 heavy (non-hydrogen) atoms. The number of likely N-dealkylation sites (tertiary alicyclic amines) is 1. The van der Waals surface area contributed by atoms with Gasteiger partial charge in [0.2, 0.25) is 5.91 Å². The van der Waals surface area contributed by atoms with Crippen molar-refractivity contribution in [2.45, 2.75) is 26.8 Å². The highest BCUT2D eigenvalue weighted by molar-refractivity contribution is 5.91. The maximum atomic E-state index is 12.1. The van der Waals surface area contributed by atoms with Gasteiger partial charge in [0, 0.05) is 25.2 Å². The standard InChI is InChI=1S/C14H22N4O3/c1-9(2)18-12(4-5-15-18)16-13(19)8-17-6-10(3)11(7-17)14(20)21/h4-5,9-11H,6-8H2,1-3H3,(H,16,19)(H,20,21)/t10-,11-/m1/s1. The molecule has 0 unspecified atom stereocenters. The van der Waals surface area contributed by atoms with Gasteiger partial charge in [-0.05, 0) is 19.8 Å². The second-order valence-electron chi connectivity index (χ2n) is 5.92. The molecule has 1 aromatic rings. The summed E-state index contributed by atoms with van der Waals surface area (Å²) >= 11 is 0. The van der Waals surface area contributed by atoms with E-state index in [1.807, 2.05) is 25.7 Å². The number of rotatable bonds is 5. The summed E-state index contributed by atoms with van der Waals surface area (Å²) in [6.45, 7) is 7.15. The number of aromatic nitrogens is 2. The summed E-state index contributed by atoms with van der Waals surface area (Å²) in [4.78, 5) is 25.0. The van der Waals surface area contributed by atoms with E-state index < -0.39 is 5.97 Å². The molecular weight excluding hydrogens is 272 g/mol. The Morgan fingerprint density at radius 1 is 1.48 bits per heavy atom. The van der Waals surface area contributed by atoms with Gasteiger partial charge in [-0.1, -0.05) is 6.92 Å². The quantitative estimate of drug-likeness (QED) is 0.847. The molecule has 1 saturated heterocycles. The molecule has 0 bridgehead atoms. The van der Waals surface area contributed by atoms with Crippen LogP contribution in [0.5, 0.6) is 0 Å². The van der Waals surface area contributed by atoms with E-state index in [4.69, 9.17) is 5.11 Å². The van der Waals surface area contributed by atoms with Gasteiger partial charge in [-0.3, -0.25) is 14.5 Å². The molecule has 7 nitrogen and oxygen atoms in total. The van der Waals surface area contributed by atoms with Crippen LogP contribution in [0.3, 0.4) is 0 Å². The third-order valence-electron chi connectivity index (χ3n) is 3.80. The van der Waals surface area contributed by atoms with Crippen LogP contribution in [-0.4, -0.2) is 51.3 Å². The Hall–Kier alpha value is -1.89. The molecule has 116 valence electrons. The molecule has 2 N–H and O–H groups in total. The van der Waals surface area contributed by atoms with Crippen LogP contribution < -0.4 is 5.32 Å². The van der Waals surface area contributed by atoms with Crippen molar-refractivity contribution >= 4 is 17.7 Å². The summed E-state index contributed by atoms with van der Waals surface area (Å²) < 4.78 is 1.74. The lowest BCUT2D eigenvalue weighted by Gasteiger charge is -2.16. The summed E-state index contributed by atoms with van der Waals surface area (Å²) in [7, 11) is 0. The minimum atomic E-state index is -0.789. The number of hydrogen-bond acceptors (Lipinski definition) is 4. The van der Waals surface area contributed by atoms with Gasteiger partial charge in [0.1, 0.15) is 5.82 Å². The van der Waals surface area contributed by atoms with Gasteiger partial charge in [-0.15, -0.1) is 0 Å². The number of hydrogen-bond donors (Lipinski definition) is 2. The maximum Gasteiger partial charge on any atom is 0.308 e. The average Bonchev–Trinajstić information content (AvgIpc) is 2.95. The molecule has 0 aliphatic carbocycles. The number of carboxylic acids is 1. The lowest BCUT2D eigenvalue weighted by atomic mass is 9.99. The molecule has 1 amide bonds. The van der Waals surface area contributed by atoms with Gasteiger partial charge in [0.15, 0.2) is 0 Å². The highest BCUT2D eigenvalue weighted by Crippen LogP contribution is 2.23. The topological polar surface area (TPSA) is 87.5 Å². The Morgan fingerprint density at radius 2 is 2.19 bits per heavy atom. The minimum absolute atomic E-state index is 0.0662. The fraction of sp³-hybridized carbons (Fsp3) is 0.643. The molecule has 0 radical (unpaired) electrons. The van der Waals surface area contributed by atoms with E-state index in [1.165, 1.54) is 0 Å². The lowest BCUT2D eigenvalue weighted by molar-refractivity contribution is -0.142. The lowest BCUT2D eigenvalue weighted by Crippen LogP contribution is -2.33. The first-order chi connectivity index (χ1) is 9.88. The molecule has 0 spiro atoms. The Morgan fingerprint density at radius 3 is 2.76 bits per heavy atom. The van der Waals surface area contributed by atoms with Crippen LogP contribution in [0.25, 0.3) is 0 Å².